The van der Waals surface area contributed by atoms with E-state index < -0.39 is 11.0 Å². The lowest BCUT2D eigenvalue weighted by molar-refractivity contribution is -0.384. The largest absolute Gasteiger partial charge is 0.390 e. The number of nitro groups is 1. The third-order valence-corrected chi connectivity index (χ3v) is 4.02. The van der Waals surface area contributed by atoms with Gasteiger partial charge in [0.15, 0.2) is 0 Å². The van der Waals surface area contributed by atoms with Gasteiger partial charge in [-0.3, -0.25) is 19.7 Å². The van der Waals surface area contributed by atoms with Crippen LogP contribution in [0.2, 0.25) is 0 Å². The molecule has 8 nitrogen and oxygen atoms in total. The fourth-order valence-electron chi connectivity index (χ4n) is 2.83. The molecule has 3 rings (SSSR count). The first-order valence-electron chi connectivity index (χ1n) is 7.88. The lowest BCUT2D eigenvalue weighted by atomic mass is 10.1. The van der Waals surface area contributed by atoms with E-state index in [4.69, 9.17) is 4.74 Å². The zero-order valence-electron chi connectivity index (χ0n) is 13.2. The first kappa shape index (κ1) is 16.6. The number of morpholine rings is 1. The Morgan fingerprint density at radius 3 is 2.79 bits per heavy atom. The molecule has 0 bridgehead atoms. The van der Waals surface area contributed by atoms with Crippen LogP contribution in [0, 0.1) is 10.1 Å². The zero-order valence-corrected chi connectivity index (χ0v) is 13.2. The SMILES string of the molecule is O=[N+]([O-])c1ccccc1-c1cnn(CC(O)CN2CCOCC2)c1. The van der Waals surface area contributed by atoms with Gasteiger partial charge in [0.05, 0.1) is 42.5 Å². The van der Waals surface area contributed by atoms with E-state index >= 15 is 0 Å². The van der Waals surface area contributed by atoms with Gasteiger partial charge in [-0.2, -0.15) is 5.10 Å². The van der Waals surface area contributed by atoms with E-state index in [1.807, 2.05) is 0 Å². The van der Waals surface area contributed by atoms with Crippen LogP contribution in [0.1, 0.15) is 0 Å². The van der Waals surface area contributed by atoms with Crippen LogP contribution in [0.3, 0.4) is 0 Å². The Morgan fingerprint density at radius 2 is 2.04 bits per heavy atom. The standard InChI is InChI=1S/C16H20N4O4/c21-14(11-18-5-7-24-8-6-18)12-19-10-13(9-17-19)15-3-1-2-4-16(15)20(22)23/h1-4,9-10,14,21H,5-8,11-12H2. The number of aliphatic hydroxyl groups excluding tert-OH is 1. The van der Waals surface area contributed by atoms with Crippen LogP contribution in [-0.4, -0.2) is 63.7 Å². The molecular weight excluding hydrogens is 312 g/mol. The summed E-state index contributed by atoms with van der Waals surface area (Å²) >= 11 is 0. The minimum absolute atomic E-state index is 0.0471. The van der Waals surface area contributed by atoms with Crippen molar-refractivity contribution >= 4 is 5.69 Å². The van der Waals surface area contributed by atoms with Crippen molar-refractivity contribution in [3.8, 4) is 11.1 Å². The number of hydrogen-bond acceptors (Lipinski definition) is 6. The molecule has 0 spiro atoms. The summed E-state index contributed by atoms with van der Waals surface area (Å²) in [4.78, 5) is 12.9. The minimum Gasteiger partial charge on any atom is -0.390 e. The Morgan fingerprint density at radius 1 is 1.29 bits per heavy atom. The van der Waals surface area contributed by atoms with Crippen molar-refractivity contribution in [1.82, 2.24) is 14.7 Å². The van der Waals surface area contributed by atoms with Crippen LogP contribution < -0.4 is 0 Å². The van der Waals surface area contributed by atoms with Gasteiger partial charge in [0.25, 0.3) is 5.69 Å². The summed E-state index contributed by atoms with van der Waals surface area (Å²) in [5.41, 5.74) is 1.24. The number of β-amino-alcohol motifs (C(OH)–C–C–N with tert-alkyl or cyclic N) is 1. The molecule has 1 aromatic carbocycles. The van der Waals surface area contributed by atoms with E-state index in [1.165, 1.54) is 6.07 Å². The van der Waals surface area contributed by atoms with Crippen LogP contribution in [0.5, 0.6) is 0 Å². The van der Waals surface area contributed by atoms with Crippen LogP contribution in [0.4, 0.5) is 5.69 Å². The average molecular weight is 332 g/mol. The van der Waals surface area contributed by atoms with E-state index in [0.717, 1.165) is 13.1 Å². The molecule has 1 atom stereocenters. The monoisotopic (exact) mass is 332 g/mol. The third kappa shape index (κ3) is 3.97. The van der Waals surface area contributed by atoms with Gasteiger partial charge in [-0.05, 0) is 6.07 Å². The Labute approximate surface area is 139 Å². The summed E-state index contributed by atoms with van der Waals surface area (Å²) in [6, 6.07) is 6.56. The van der Waals surface area contributed by atoms with Gasteiger partial charge in [-0.15, -0.1) is 0 Å². The van der Waals surface area contributed by atoms with Gasteiger partial charge in [0, 0.05) is 37.5 Å². The summed E-state index contributed by atoms with van der Waals surface area (Å²) in [6.07, 6.45) is 2.76. The van der Waals surface area contributed by atoms with Gasteiger partial charge in [-0.25, -0.2) is 0 Å². The highest BCUT2D eigenvalue weighted by atomic mass is 16.6. The van der Waals surface area contributed by atoms with Gasteiger partial charge in [0.2, 0.25) is 0 Å². The molecule has 1 aromatic heterocycles. The van der Waals surface area contributed by atoms with Crippen LogP contribution >= 0.6 is 0 Å². The van der Waals surface area contributed by atoms with E-state index in [-0.39, 0.29) is 5.69 Å². The van der Waals surface area contributed by atoms with E-state index in [1.54, 1.807) is 35.3 Å². The van der Waals surface area contributed by atoms with Crippen molar-refractivity contribution in [1.29, 1.82) is 0 Å². The zero-order chi connectivity index (χ0) is 16.9. The Balaban J connectivity index is 1.66. The number of ether oxygens (including phenoxy) is 1. The van der Waals surface area contributed by atoms with E-state index in [2.05, 4.69) is 10.00 Å². The summed E-state index contributed by atoms with van der Waals surface area (Å²) in [6.45, 7) is 3.92. The van der Waals surface area contributed by atoms with Gasteiger partial charge < -0.3 is 9.84 Å². The molecule has 1 aliphatic rings. The molecule has 1 N–H and O–H groups in total. The van der Waals surface area contributed by atoms with E-state index in [0.29, 0.717) is 37.4 Å². The summed E-state index contributed by atoms with van der Waals surface area (Å²) in [5.74, 6) is 0. The fourth-order valence-corrected chi connectivity index (χ4v) is 2.83. The van der Waals surface area contributed by atoms with Crippen LogP contribution in [0.15, 0.2) is 36.7 Å². The summed E-state index contributed by atoms with van der Waals surface area (Å²) in [5, 5.41) is 25.6. The predicted octanol–water partition coefficient (Wildman–Crippen LogP) is 1.15. The van der Waals surface area contributed by atoms with Gasteiger partial charge in [-0.1, -0.05) is 12.1 Å². The molecule has 0 amide bonds. The molecule has 2 aromatic rings. The second kappa shape index (κ2) is 7.52. The van der Waals surface area contributed by atoms with Gasteiger partial charge in [0.1, 0.15) is 0 Å². The van der Waals surface area contributed by atoms with Gasteiger partial charge >= 0.3 is 0 Å². The van der Waals surface area contributed by atoms with Crippen LogP contribution in [-0.2, 0) is 11.3 Å². The quantitative estimate of drug-likeness (QED) is 0.630. The van der Waals surface area contributed by atoms with Crippen molar-refractivity contribution in [2.75, 3.05) is 32.8 Å². The number of benzene rings is 1. The molecule has 0 aliphatic carbocycles. The average Bonchev–Trinajstić information content (AvgIpc) is 3.04. The molecule has 1 aliphatic heterocycles. The van der Waals surface area contributed by atoms with Crippen molar-refractivity contribution < 1.29 is 14.8 Å². The Hall–Kier alpha value is -2.29. The molecule has 24 heavy (non-hydrogen) atoms. The number of aromatic nitrogens is 2. The Kier molecular flexibility index (Phi) is 5.19. The highest BCUT2D eigenvalue weighted by Crippen LogP contribution is 2.28. The molecule has 128 valence electrons. The van der Waals surface area contributed by atoms with Crippen molar-refractivity contribution in [3.63, 3.8) is 0 Å². The number of nitro benzene ring substituents is 1. The molecule has 1 unspecified atom stereocenters. The first-order valence-corrected chi connectivity index (χ1v) is 7.88. The fraction of sp³-hybridized carbons (Fsp3) is 0.438. The number of nitrogens with zero attached hydrogens (tertiary/aromatic N) is 4. The molecule has 1 saturated heterocycles. The number of hydrogen-bond donors (Lipinski definition) is 1. The van der Waals surface area contributed by atoms with Crippen molar-refractivity contribution in [2.24, 2.45) is 0 Å². The third-order valence-electron chi connectivity index (χ3n) is 4.02. The molecular formula is C16H20N4O4. The molecule has 2 heterocycles. The summed E-state index contributed by atoms with van der Waals surface area (Å²) in [7, 11) is 0. The number of aliphatic hydroxyl groups is 1. The second-order valence-electron chi connectivity index (χ2n) is 5.79. The highest BCUT2D eigenvalue weighted by molar-refractivity contribution is 5.72. The smallest absolute Gasteiger partial charge is 0.277 e. The number of rotatable bonds is 6. The maximum atomic E-state index is 11.1. The minimum atomic E-state index is -0.554. The van der Waals surface area contributed by atoms with Crippen molar-refractivity contribution in [2.45, 2.75) is 12.6 Å². The highest BCUT2D eigenvalue weighted by Gasteiger charge is 2.18. The molecule has 8 heteroatoms. The van der Waals surface area contributed by atoms with Crippen LogP contribution in [0.25, 0.3) is 11.1 Å². The lowest BCUT2D eigenvalue weighted by Gasteiger charge is -2.28. The first-order chi connectivity index (χ1) is 11.6. The molecule has 0 saturated carbocycles. The predicted molar refractivity (Wildman–Crippen MR) is 87.6 cm³/mol. The van der Waals surface area contributed by atoms with E-state index in [9.17, 15) is 15.2 Å². The molecule has 1 fully saturated rings. The maximum absolute atomic E-state index is 11.1. The lowest BCUT2D eigenvalue weighted by Crippen LogP contribution is -2.42. The Bertz CT molecular complexity index is 697. The maximum Gasteiger partial charge on any atom is 0.277 e. The summed E-state index contributed by atoms with van der Waals surface area (Å²) < 4.78 is 6.91. The normalized spacial score (nSPS) is 16.9. The van der Waals surface area contributed by atoms with Crippen molar-refractivity contribution in [3.05, 3.63) is 46.8 Å². The molecule has 0 radical (unpaired) electrons. The second-order valence-corrected chi connectivity index (χ2v) is 5.79. The number of para-hydroxylation sites is 1. The topological polar surface area (TPSA) is 93.7 Å².